The van der Waals surface area contributed by atoms with E-state index >= 15 is 0 Å². The smallest absolute Gasteiger partial charge is 0.348 e. The number of thiophene rings is 1. The van der Waals surface area contributed by atoms with Crippen LogP contribution in [0, 0.1) is 0 Å². The van der Waals surface area contributed by atoms with Crippen molar-refractivity contribution in [3.05, 3.63) is 70.6 Å². The number of hydrogen-bond donors (Lipinski definition) is 1. The normalized spacial score (nSPS) is 11.6. The molecule has 1 amide bonds. The monoisotopic (exact) mass is 407 g/mol. The molecular weight excluding hydrogens is 390 g/mol. The van der Waals surface area contributed by atoms with Crippen LogP contribution in [0.25, 0.3) is 10.4 Å². The van der Waals surface area contributed by atoms with Crippen LogP contribution >= 0.6 is 11.3 Å². The molecule has 2 heterocycles. The van der Waals surface area contributed by atoms with Gasteiger partial charge < -0.3 is 14.8 Å². The second-order valence-corrected chi connectivity index (χ2v) is 7.53. The summed E-state index contributed by atoms with van der Waals surface area (Å²) in [7, 11) is 0. The lowest BCUT2D eigenvalue weighted by atomic mass is 10.1. The highest BCUT2D eigenvalue weighted by Crippen LogP contribution is 2.42. The maximum Gasteiger partial charge on any atom is 0.348 e. The molecular formula is C22H17NO5S. The zero-order chi connectivity index (χ0) is 20.4. The van der Waals surface area contributed by atoms with Gasteiger partial charge in [0.2, 0.25) is 0 Å². The van der Waals surface area contributed by atoms with Gasteiger partial charge in [-0.1, -0.05) is 24.3 Å². The first kappa shape index (κ1) is 18.9. The van der Waals surface area contributed by atoms with E-state index in [1.54, 1.807) is 30.3 Å². The van der Waals surface area contributed by atoms with Gasteiger partial charge >= 0.3 is 5.97 Å². The van der Waals surface area contributed by atoms with Crippen molar-refractivity contribution >= 4 is 34.7 Å². The number of esters is 1. The summed E-state index contributed by atoms with van der Waals surface area (Å²) in [5.74, 6) is -0.464. The van der Waals surface area contributed by atoms with E-state index in [4.69, 9.17) is 9.47 Å². The van der Waals surface area contributed by atoms with Crippen LogP contribution in [0.4, 0.5) is 5.69 Å². The Kier molecular flexibility index (Phi) is 5.14. The summed E-state index contributed by atoms with van der Waals surface area (Å²) in [4.78, 5) is 37.6. The maximum atomic E-state index is 12.4. The number of carbonyl (C=O) groups excluding carboxylic acids is 3. The molecule has 0 unspecified atom stereocenters. The van der Waals surface area contributed by atoms with Crippen LogP contribution < -0.4 is 10.1 Å². The summed E-state index contributed by atoms with van der Waals surface area (Å²) in [5.41, 5.74) is 2.65. The Hall–Kier alpha value is -3.45. The van der Waals surface area contributed by atoms with E-state index in [1.807, 2.05) is 24.3 Å². The Labute approximate surface area is 171 Å². The van der Waals surface area contributed by atoms with Crippen molar-refractivity contribution in [2.24, 2.45) is 0 Å². The number of amides is 1. The van der Waals surface area contributed by atoms with Crippen LogP contribution in [-0.2, 0) is 16.1 Å². The molecule has 0 saturated heterocycles. The van der Waals surface area contributed by atoms with Crippen LogP contribution in [0.5, 0.6) is 5.75 Å². The molecule has 2 aromatic carbocycles. The van der Waals surface area contributed by atoms with Gasteiger partial charge in [-0.05, 0) is 37.3 Å². The third kappa shape index (κ3) is 3.90. The number of Topliss-reactive ketones (excluding diaryl/α,β-unsaturated/α-hetero) is 1. The summed E-state index contributed by atoms with van der Waals surface area (Å²) < 4.78 is 10.9. The summed E-state index contributed by atoms with van der Waals surface area (Å²) in [6.07, 6.45) is 0. The third-order valence-electron chi connectivity index (χ3n) is 4.44. The van der Waals surface area contributed by atoms with Gasteiger partial charge in [0, 0.05) is 21.6 Å². The van der Waals surface area contributed by atoms with Gasteiger partial charge in [0.15, 0.2) is 12.4 Å². The molecule has 0 spiro atoms. The third-order valence-corrected chi connectivity index (χ3v) is 5.63. The first-order valence-electron chi connectivity index (χ1n) is 8.95. The number of anilines is 1. The van der Waals surface area contributed by atoms with Crippen molar-refractivity contribution in [2.75, 3.05) is 11.9 Å². The largest absolute Gasteiger partial charge is 0.488 e. The van der Waals surface area contributed by atoms with Gasteiger partial charge in [0.05, 0.1) is 5.69 Å². The molecule has 1 N–H and O–H groups in total. The molecule has 0 fully saturated rings. The number of ketones is 1. The summed E-state index contributed by atoms with van der Waals surface area (Å²) in [6.45, 7) is 1.37. The lowest BCUT2D eigenvalue weighted by Crippen LogP contribution is -2.21. The molecule has 1 aromatic heterocycles. The zero-order valence-electron chi connectivity index (χ0n) is 15.6. The highest BCUT2D eigenvalue weighted by Gasteiger charge is 2.23. The number of hydrogen-bond acceptors (Lipinski definition) is 6. The van der Waals surface area contributed by atoms with Crippen molar-refractivity contribution in [1.29, 1.82) is 0 Å². The number of rotatable bonds is 5. The predicted octanol–water partition coefficient (Wildman–Crippen LogP) is 4.31. The molecule has 4 rings (SSSR count). The molecule has 1 aliphatic rings. The van der Waals surface area contributed by atoms with Crippen LogP contribution in [0.3, 0.4) is 0 Å². The molecule has 7 heteroatoms. The first-order chi connectivity index (χ1) is 14.0. The lowest BCUT2D eigenvalue weighted by Gasteiger charge is -2.16. The van der Waals surface area contributed by atoms with E-state index in [-0.39, 0.29) is 5.78 Å². The van der Waals surface area contributed by atoms with Crippen LogP contribution in [0.15, 0.2) is 54.6 Å². The Balaban J connectivity index is 1.42. The maximum absolute atomic E-state index is 12.4. The standard InChI is InChI=1S/C22H17NO5S/c1-13(24)15-6-2-4-8-17(15)23-20(25)12-28-22(26)19-10-14-11-27-18-9-5-3-7-16(18)21(14)29-19/h2-10H,11-12H2,1H3,(H,23,25). The van der Waals surface area contributed by atoms with Crippen LogP contribution in [0.1, 0.15) is 32.5 Å². The van der Waals surface area contributed by atoms with E-state index in [9.17, 15) is 14.4 Å². The molecule has 29 heavy (non-hydrogen) atoms. The topological polar surface area (TPSA) is 81.7 Å². The Bertz CT molecular complexity index is 1120. The predicted molar refractivity (Wildman–Crippen MR) is 109 cm³/mol. The van der Waals surface area contributed by atoms with E-state index in [1.165, 1.54) is 18.3 Å². The van der Waals surface area contributed by atoms with Gasteiger partial charge in [0.1, 0.15) is 17.2 Å². The summed E-state index contributed by atoms with van der Waals surface area (Å²) in [6, 6.07) is 16.1. The fourth-order valence-corrected chi connectivity index (χ4v) is 4.18. The second kappa shape index (κ2) is 7.89. The number of carbonyl (C=O) groups is 3. The van der Waals surface area contributed by atoms with E-state index < -0.39 is 18.5 Å². The van der Waals surface area contributed by atoms with Crippen molar-refractivity contribution in [2.45, 2.75) is 13.5 Å². The SMILES string of the molecule is CC(=O)c1ccccc1NC(=O)COC(=O)c1cc2c(s1)-c1ccccc1OC2. The van der Waals surface area contributed by atoms with Gasteiger partial charge in [0.25, 0.3) is 5.91 Å². The van der Waals surface area contributed by atoms with Crippen molar-refractivity contribution in [3.63, 3.8) is 0 Å². The van der Waals surface area contributed by atoms with Gasteiger partial charge in [-0.2, -0.15) is 0 Å². The van der Waals surface area contributed by atoms with Gasteiger partial charge in [-0.15, -0.1) is 11.3 Å². The van der Waals surface area contributed by atoms with Gasteiger partial charge in [-0.25, -0.2) is 4.79 Å². The van der Waals surface area contributed by atoms with Crippen molar-refractivity contribution in [3.8, 4) is 16.2 Å². The summed E-state index contributed by atoms with van der Waals surface area (Å²) in [5, 5.41) is 2.61. The molecule has 6 nitrogen and oxygen atoms in total. The van der Waals surface area contributed by atoms with Crippen LogP contribution in [0.2, 0.25) is 0 Å². The van der Waals surface area contributed by atoms with E-state index in [2.05, 4.69) is 5.32 Å². The first-order valence-corrected chi connectivity index (χ1v) is 9.76. The average molecular weight is 407 g/mol. The average Bonchev–Trinajstić information content (AvgIpc) is 3.17. The molecule has 0 aliphatic carbocycles. The quantitative estimate of drug-likeness (QED) is 0.504. The molecule has 0 radical (unpaired) electrons. The minimum absolute atomic E-state index is 0.162. The van der Waals surface area contributed by atoms with Crippen molar-refractivity contribution < 1.29 is 23.9 Å². The summed E-state index contributed by atoms with van der Waals surface area (Å²) >= 11 is 1.32. The minimum atomic E-state index is -0.572. The second-order valence-electron chi connectivity index (χ2n) is 6.48. The Morgan fingerprint density at radius 2 is 1.86 bits per heavy atom. The van der Waals surface area contributed by atoms with Gasteiger partial charge in [-0.3, -0.25) is 9.59 Å². The number of ether oxygens (including phenoxy) is 2. The number of fused-ring (bicyclic) bond motifs is 3. The van der Waals surface area contributed by atoms with Crippen LogP contribution in [-0.4, -0.2) is 24.3 Å². The molecule has 0 saturated carbocycles. The van der Waals surface area contributed by atoms with E-state index in [0.717, 1.165) is 21.8 Å². The van der Waals surface area contributed by atoms with Crippen molar-refractivity contribution in [1.82, 2.24) is 0 Å². The molecule has 1 aliphatic heterocycles. The lowest BCUT2D eigenvalue weighted by molar-refractivity contribution is -0.119. The Morgan fingerprint density at radius 3 is 2.69 bits per heavy atom. The fraction of sp³-hybridized carbons (Fsp3) is 0.136. The zero-order valence-corrected chi connectivity index (χ0v) is 16.4. The molecule has 3 aromatic rings. The highest BCUT2D eigenvalue weighted by molar-refractivity contribution is 7.17. The fourth-order valence-electron chi connectivity index (χ4n) is 3.09. The number of nitrogens with one attached hydrogen (secondary N) is 1. The molecule has 0 atom stereocenters. The Morgan fingerprint density at radius 1 is 1.10 bits per heavy atom. The molecule has 146 valence electrons. The van der Waals surface area contributed by atoms with E-state index in [0.29, 0.717) is 22.7 Å². The number of benzene rings is 2. The minimum Gasteiger partial charge on any atom is -0.488 e. The highest BCUT2D eigenvalue weighted by atomic mass is 32.1. The number of para-hydroxylation sites is 2. The molecule has 0 bridgehead atoms.